The number of aromatic carboxylic acids is 1. The van der Waals surface area contributed by atoms with Gasteiger partial charge in [0.05, 0.1) is 19.2 Å². The minimum Gasteiger partial charge on any atom is -0.507 e. The zero-order chi connectivity index (χ0) is 21.3. The van der Waals surface area contributed by atoms with E-state index in [-0.39, 0.29) is 58.5 Å². The number of ether oxygens (including phenoxy) is 3. The highest BCUT2D eigenvalue weighted by Gasteiger charge is 2.33. The van der Waals surface area contributed by atoms with Crippen molar-refractivity contribution in [2.75, 3.05) is 13.7 Å². The Bertz CT molecular complexity index is 1070. The van der Waals surface area contributed by atoms with Crippen LogP contribution >= 0.6 is 0 Å². The van der Waals surface area contributed by atoms with Crippen molar-refractivity contribution in [3.8, 4) is 41.1 Å². The largest absolute Gasteiger partial charge is 0.507 e. The summed E-state index contributed by atoms with van der Waals surface area (Å²) in [6.45, 7) is 3.55. The van der Waals surface area contributed by atoms with Crippen molar-refractivity contribution in [1.29, 1.82) is 0 Å². The van der Waals surface area contributed by atoms with Crippen LogP contribution < -0.4 is 19.5 Å². The van der Waals surface area contributed by atoms with Gasteiger partial charge >= 0.3 is 11.9 Å². The highest BCUT2D eigenvalue weighted by Crippen LogP contribution is 2.48. The molecule has 3 rings (SSSR count). The lowest BCUT2D eigenvalue weighted by molar-refractivity contribution is 0.0685. The number of nitrogens with one attached hydrogen (secondary N) is 1. The normalized spacial score (nSPS) is 12.0. The predicted molar refractivity (Wildman–Crippen MR) is 103 cm³/mol. The second-order valence-electron chi connectivity index (χ2n) is 6.41. The molecule has 0 aliphatic carbocycles. The number of carbonyl (C=O) groups is 2. The summed E-state index contributed by atoms with van der Waals surface area (Å²) >= 11 is 0. The molecule has 3 N–H and O–H groups in total. The Hall–Kier alpha value is -3.70. The number of esters is 1. The Morgan fingerprint density at radius 3 is 2.59 bits per heavy atom. The first kappa shape index (κ1) is 20.0. The van der Waals surface area contributed by atoms with Crippen LogP contribution in [0, 0.1) is 26.2 Å². The van der Waals surface area contributed by atoms with Crippen LogP contribution in [0.2, 0.25) is 0 Å². The first-order valence-corrected chi connectivity index (χ1v) is 8.64. The number of hydrogen-bond donors (Lipinski definition) is 3. The van der Waals surface area contributed by atoms with Crippen molar-refractivity contribution in [3.63, 3.8) is 0 Å². The summed E-state index contributed by atoms with van der Waals surface area (Å²) in [5.41, 5.74) is 0.924. The molecule has 29 heavy (non-hydrogen) atoms. The van der Waals surface area contributed by atoms with Gasteiger partial charge in [-0.05, 0) is 31.5 Å². The van der Waals surface area contributed by atoms with Crippen LogP contribution in [0.4, 0.5) is 0 Å². The molecule has 1 aliphatic rings. The van der Waals surface area contributed by atoms with Gasteiger partial charge in [0.1, 0.15) is 22.6 Å². The van der Waals surface area contributed by atoms with E-state index < -0.39 is 11.9 Å². The van der Waals surface area contributed by atoms with E-state index in [1.54, 1.807) is 13.8 Å². The van der Waals surface area contributed by atoms with Gasteiger partial charge < -0.3 is 29.7 Å². The fourth-order valence-electron chi connectivity index (χ4n) is 3.16. The molecule has 0 atom stereocenters. The molecule has 2 aromatic rings. The van der Waals surface area contributed by atoms with Crippen molar-refractivity contribution in [1.82, 2.24) is 5.32 Å². The molecule has 0 spiro atoms. The van der Waals surface area contributed by atoms with Gasteiger partial charge in [-0.2, -0.15) is 0 Å². The van der Waals surface area contributed by atoms with Crippen molar-refractivity contribution < 1.29 is 34.0 Å². The van der Waals surface area contributed by atoms with E-state index in [1.165, 1.54) is 19.2 Å². The van der Waals surface area contributed by atoms with E-state index in [2.05, 4.69) is 11.2 Å². The maximum Gasteiger partial charge on any atom is 0.347 e. The zero-order valence-electron chi connectivity index (χ0n) is 16.1. The average Bonchev–Trinajstić information content (AvgIpc) is 2.81. The highest BCUT2D eigenvalue weighted by molar-refractivity contribution is 6.00. The van der Waals surface area contributed by atoms with E-state index in [0.29, 0.717) is 11.1 Å². The van der Waals surface area contributed by atoms with E-state index in [1.807, 2.05) is 0 Å². The number of carbonyl (C=O) groups excluding carboxylic acids is 1. The van der Waals surface area contributed by atoms with Gasteiger partial charge in [-0.1, -0.05) is 5.92 Å². The summed E-state index contributed by atoms with van der Waals surface area (Å²) in [5.74, 6) is 0.322. The number of fused-ring (bicyclic) bond motifs is 2. The summed E-state index contributed by atoms with van der Waals surface area (Å²) in [6, 6.07) is 2.71. The fourth-order valence-corrected chi connectivity index (χ4v) is 3.16. The third-order valence-electron chi connectivity index (χ3n) is 4.58. The summed E-state index contributed by atoms with van der Waals surface area (Å²) < 4.78 is 16.7. The fraction of sp³-hybridized carbons (Fsp3) is 0.238. The number of carboxylic acid groups (broad SMARTS) is 1. The highest BCUT2D eigenvalue weighted by atomic mass is 16.6. The Morgan fingerprint density at radius 1 is 1.24 bits per heavy atom. The molecule has 1 aliphatic heterocycles. The van der Waals surface area contributed by atoms with Gasteiger partial charge in [0, 0.05) is 12.1 Å². The Balaban J connectivity index is 2.29. The van der Waals surface area contributed by atoms with Gasteiger partial charge in [-0.3, -0.25) is 0 Å². The van der Waals surface area contributed by atoms with Crippen LogP contribution in [0.15, 0.2) is 12.1 Å². The summed E-state index contributed by atoms with van der Waals surface area (Å²) in [5, 5.41) is 23.0. The van der Waals surface area contributed by atoms with Gasteiger partial charge in [-0.25, -0.2) is 9.59 Å². The molecule has 8 heteroatoms. The van der Waals surface area contributed by atoms with Gasteiger partial charge in [-0.15, -0.1) is 6.42 Å². The smallest absolute Gasteiger partial charge is 0.347 e. The number of aromatic hydroxyl groups is 1. The predicted octanol–water partition coefficient (Wildman–Crippen LogP) is 2.76. The Kier molecular flexibility index (Phi) is 5.35. The van der Waals surface area contributed by atoms with E-state index in [0.717, 1.165) is 0 Å². The molecular weight excluding hydrogens is 378 g/mol. The Labute approximate surface area is 167 Å². The minimum atomic E-state index is -1.29. The summed E-state index contributed by atoms with van der Waals surface area (Å²) in [6.07, 6.45) is 5.24. The molecule has 2 aromatic carbocycles. The lowest BCUT2D eigenvalue weighted by Crippen LogP contribution is -2.16. The molecule has 0 bridgehead atoms. The van der Waals surface area contributed by atoms with Crippen LogP contribution in [-0.4, -0.2) is 35.8 Å². The maximum atomic E-state index is 12.9. The quantitative estimate of drug-likeness (QED) is 0.305. The van der Waals surface area contributed by atoms with Crippen molar-refractivity contribution >= 4 is 11.9 Å². The Morgan fingerprint density at radius 2 is 1.97 bits per heavy atom. The van der Waals surface area contributed by atoms with Crippen LogP contribution in [0.5, 0.6) is 28.7 Å². The zero-order valence-corrected chi connectivity index (χ0v) is 16.1. The lowest BCUT2D eigenvalue weighted by atomic mass is 10.0. The molecule has 150 valence electrons. The second-order valence-corrected chi connectivity index (χ2v) is 6.41. The molecular formula is C21H19NO7. The number of rotatable bonds is 5. The molecule has 0 radical (unpaired) electrons. The third kappa shape index (κ3) is 3.44. The summed E-state index contributed by atoms with van der Waals surface area (Å²) in [4.78, 5) is 24.7. The topological polar surface area (TPSA) is 114 Å². The van der Waals surface area contributed by atoms with E-state index >= 15 is 0 Å². The number of phenols is 1. The number of aryl methyl sites for hydroxylation is 1. The molecule has 1 heterocycles. The van der Waals surface area contributed by atoms with Crippen LogP contribution in [0.25, 0.3) is 0 Å². The van der Waals surface area contributed by atoms with E-state index in [9.17, 15) is 19.8 Å². The second kappa shape index (κ2) is 7.73. The minimum absolute atomic E-state index is 0.0165. The molecule has 0 amide bonds. The standard InChI is InChI=1S/C21H19NO7/c1-5-6-22-9-13-14(23)7-10(2)16-18(13)28-19-12(20(24)25)8-15(27-4)11(3)17(19)29-21(16)26/h1,7-8,22-23H,6,9H2,2-4H3,(H,24,25). The number of phenolic OH excluding ortho intramolecular Hbond substituents is 1. The monoisotopic (exact) mass is 397 g/mol. The first-order valence-electron chi connectivity index (χ1n) is 8.64. The number of terminal acetylenes is 1. The molecule has 0 aromatic heterocycles. The first-order chi connectivity index (χ1) is 13.8. The molecule has 0 saturated heterocycles. The van der Waals surface area contributed by atoms with Gasteiger partial charge in [0.2, 0.25) is 0 Å². The number of hydrogen-bond acceptors (Lipinski definition) is 7. The van der Waals surface area contributed by atoms with E-state index in [4.69, 9.17) is 20.6 Å². The maximum absolute atomic E-state index is 12.9. The number of benzene rings is 2. The van der Waals surface area contributed by atoms with Crippen molar-refractivity contribution in [2.24, 2.45) is 0 Å². The van der Waals surface area contributed by atoms with Crippen LogP contribution in [0.1, 0.15) is 37.4 Å². The SMILES string of the molecule is C#CCNCc1c(O)cc(C)c2c1Oc1c(C(=O)O)cc(OC)c(C)c1OC2=O. The van der Waals surface area contributed by atoms with Gasteiger partial charge in [0.25, 0.3) is 0 Å². The molecule has 0 fully saturated rings. The van der Waals surface area contributed by atoms with Crippen molar-refractivity contribution in [2.45, 2.75) is 20.4 Å². The van der Waals surface area contributed by atoms with Gasteiger partial charge in [0.15, 0.2) is 17.2 Å². The lowest BCUT2D eigenvalue weighted by Gasteiger charge is -2.17. The number of carboxylic acids is 1. The molecule has 8 nitrogen and oxygen atoms in total. The third-order valence-corrected chi connectivity index (χ3v) is 4.58. The van der Waals surface area contributed by atoms with Crippen molar-refractivity contribution in [3.05, 3.63) is 39.9 Å². The van der Waals surface area contributed by atoms with Crippen LogP contribution in [0.3, 0.4) is 0 Å². The van der Waals surface area contributed by atoms with Crippen LogP contribution in [-0.2, 0) is 6.54 Å². The number of methoxy groups -OCH3 is 1. The molecule has 0 saturated carbocycles. The molecule has 0 unspecified atom stereocenters. The summed E-state index contributed by atoms with van der Waals surface area (Å²) in [7, 11) is 1.38. The average molecular weight is 397 g/mol.